The molecule has 0 atom stereocenters. The number of carbonyl (C=O) groups excluding carboxylic acids is 1. The van der Waals surface area contributed by atoms with Crippen LogP contribution >= 0.6 is 11.3 Å². The fourth-order valence-corrected chi connectivity index (χ4v) is 4.99. The van der Waals surface area contributed by atoms with Crippen LogP contribution in [0.15, 0.2) is 29.6 Å². The molecule has 0 bridgehead atoms. The topological polar surface area (TPSA) is 49.7 Å². The van der Waals surface area contributed by atoms with Gasteiger partial charge in [0.05, 0.1) is 31.9 Å². The average molecular weight is 404 g/mol. The van der Waals surface area contributed by atoms with Crippen LogP contribution in [0.25, 0.3) is 11.3 Å². The molecule has 0 radical (unpaired) electrons. The molecule has 2 heterocycles. The number of nitrogens with zero attached hydrogens (tertiary/aromatic N) is 2. The summed E-state index contributed by atoms with van der Waals surface area (Å²) in [5, 5.41) is 6.26. The van der Waals surface area contributed by atoms with E-state index in [-0.39, 0.29) is 11.7 Å². The first-order valence-electron chi connectivity index (χ1n) is 10.3. The van der Waals surface area contributed by atoms with E-state index in [2.05, 4.69) is 10.2 Å². The van der Waals surface area contributed by atoms with Gasteiger partial charge in [0.2, 0.25) is 0 Å². The van der Waals surface area contributed by atoms with Gasteiger partial charge in [-0.3, -0.25) is 4.79 Å². The first-order chi connectivity index (χ1) is 13.7. The van der Waals surface area contributed by atoms with Crippen molar-refractivity contribution in [2.75, 3.05) is 37.6 Å². The molecule has 1 aromatic heterocycles. The van der Waals surface area contributed by atoms with Gasteiger partial charge in [0, 0.05) is 17.0 Å². The summed E-state index contributed by atoms with van der Waals surface area (Å²) >= 11 is 1.63. The van der Waals surface area contributed by atoms with Crippen LogP contribution in [0.4, 0.5) is 9.52 Å². The molecule has 4 rings (SSSR count). The van der Waals surface area contributed by atoms with Gasteiger partial charge < -0.3 is 15.1 Å². The number of aromatic nitrogens is 1. The molecule has 7 heteroatoms. The van der Waals surface area contributed by atoms with E-state index in [9.17, 15) is 9.18 Å². The van der Waals surface area contributed by atoms with Gasteiger partial charge in [0.1, 0.15) is 5.82 Å². The first-order valence-corrected chi connectivity index (χ1v) is 11.1. The zero-order valence-corrected chi connectivity index (χ0v) is 16.9. The van der Waals surface area contributed by atoms with Crippen molar-refractivity contribution in [2.24, 2.45) is 0 Å². The van der Waals surface area contributed by atoms with Gasteiger partial charge in [-0.1, -0.05) is 19.3 Å². The fourth-order valence-electron chi connectivity index (χ4n) is 4.11. The summed E-state index contributed by atoms with van der Waals surface area (Å²) in [5.41, 5.74) is 1.83. The van der Waals surface area contributed by atoms with Crippen molar-refractivity contribution in [3.63, 3.8) is 0 Å². The van der Waals surface area contributed by atoms with Crippen molar-refractivity contribution in [1.82, 2.24) is 10.3 Å². The lowest BCUT2D eigenvalue weighted by molar-refractivity contribution is -0.892. The van der Waals surface area contributed by atoms with Crippen LogP contribution in [0.5, 0.6) is 0 Å². The summed E-state index contributed by atoms with van der Waals surface area (Å²) in [5.74, 6) is -0.0333. The number of carbonyl (C=O) groups is 1. The maximum absolute atomic E-state index is 13.1. The zero-order chi connectivity index (χ0) is 19.3. The Labute approximate surface area is 169 Å². The van der Waals surface area contributed by atoms with Crippen molar-refractivity contribution in [3.05, 3.63) is 35.5 Å². The summed E-state index contributed by atoms with van der Waals surface area (Å²) in [4.78, 5) is 20.7. The minimum absolute atomic E-state index is 0.197. The molecule has 0 spiro atoms. The lowest BCUT2D eigenvalue weighted by Gasteiger charge is -2.32. The Morgan fingerprint density at radius 1 is 1.18 bits per heavy atom. The van der Waals surface area contributed by atoms with Crippen molar-refractivity contribution < 1.29 is 14.1 Å². The van der Waals surface area contributed by atoms with Crippen molar-refractivity contribution >= 4 is 22.4 Å². The number of halogens is 1. The zero-order valence-electron chi connectivity index (χ0n) is 16.1. The van der Waals surface area contributed by atoms with E-state index in [1.807, 2.05) is 5.38 Å². The Balaban J connectivity index is 1.26. The smallest absolute Gasteiger partial charge is 0.275 e. The molecule has 1 aromatic carbocycles. The highest BCUT2D eigenvalue weighted by atomic mass is 32.1. The molecular formula is C21H28FN4OS+. The van der Waals surface area contributed by atoms with Crippen molar-refractivity contribution in [3.8, 4) is 11.3 Å². The standard InChI is InChI=1S/C21H27FN4OS/c22-17-8-6-16(7-9-17)19-15-28-21(24-19)26-12-10-25(11-13-26)14-20(27)23-18-4-2-1-3-5-18/h6-9,15,18H,1-5,10-14H2,(H,23,27)/p+1. The second-order valence-electron chi connectivity index (χ2n) is 7.84. The van der Waals surface area contributed by atoms with E-state index >= 15 is 0 Å². The molecule has 2 N–H and O–H groups in total. The summed E-state index contributed by atoms with van der Waals surface area (Å²) in [6.07, 6.45) is 6.05. The number of hydrogen-bond acceptors (Lipinski definition) is 4. The summed E-state index contributed by atoms with van der Waals surface area (Å²) in [7, 11) is 0. The number of amides is 1. The Morgan fingerprint density at radius 3 is 2.61 bits per heavy atom. The first kappa shape index (κ1) is 19.3. The Kier molecular flexibility index (Phi) is 6.22. The highest BCUT2D eigenvalue weighted by molar-refractivity contribution is 7.14. The molecule has 2 aliphatic rings. The van der Waals surface area contributed by atoms with Crippen LogP contribution in [-0.4, -0.2) is 49.7 Å². The van der Waals surface area contributed by atoms with Crippen molar-refractivity contribution in [1.29, 1.82) is 0 Å². The monoisotopic (exact) mass is 403 g/mol. The van der Waals surface area contributed by atoms with E-state index < -0.39 is 0 Å². The van der Waals surface area contributed by atoms with Crippen LogP contribution in [0.3, 0.4) is 0 Å². The average Bonchev–Trinajstić information content (AvgIpc) is 3.20. The van der Waals surface area contributed by atoms with E-state index in [1.165, 1.54) is 36.3 Å². The molecule has 1 aliphatic heterocycles. The summed E-state index contributed by atoms with van der Waals surface area (Å²) < 4.78 is 13.1. The lowest BCUT2D eigenvalue weighted by Crippen LogP contribution is -3.16. The molecule has 5 nitrogen and oxygen atoms in total. The second kappa shape index (κ2) is 9.01. The highest BCUT2D eigenvalue weighted by Gasteiger charge is 2.25. The number of quaternary nitrogens is 1. The van der Waals surface area contributed by atoms with E-state index in [0.29, 0.717) is 12.6 Å². The third kappa shape index (κ3) is 4.89. The predicted molar refractivity (Wildman–Crippen MR) is 110 cm³/mol. The largest absolute Gasteiger partial charge is 0.348 e. The summed E-state index contributed by atoms with van der Waals surface area (Å²) in [6, 6.07) is 6.86. The number of anilines is 1. The Bertz CT molecular complexity index is 780. The van der Waals surface area contributed by atoms with Gasteiger partial charge >= 0.3 is 0 Å². The number of benzene rings is 1. The number of thiazole rings is 1. The molecular weight excluding hydrogens is 375 g/mol. The number of hydrogen-bond donors (Lipinski definition) is 2. The number of nitrogens with one attached hydrogen (secondary N) is 2. The van der Waals surface area contributed by atoms with Crippen LogP contribution < -0.4 is 15.1 Å². The maximum Gasteiger partial charge on any atom is 0.275 e. The maximum atomic E-state index is 13.1. The minimum atomic E-state index is -0.231. The minimum Gasteiger partial charge on any atom is -0.348 e. The Hall–Kier alpha value is -1.99. The van der Waals surface area contributed by atoms with Gasteiger partial charge in [-0.15, -0.1) is 11.3 Å². The molecule has 2 fully saturated rings. The molecule has 1 amide bonds. The van der Waals surface area contributed by atoms with Gasteiger partial charge in [-0.05, 0) is 37.1 Å². The van der Waals surface area contributed by atoms with Gasteiger partial charge in [0.15, 0.2) is 11.7 Å². The second-order valence-corrected chi connectivity index (χ2v) is 8.68. The Morgan fingerprint density at radius 2 is 1.89 bits per heavy atom. The lowest BCUT2D eigenvalue weighted by atomic mass is 9.95. The quantitative estimate of drug-likeness (QED) is 0.804. The predicted octanol–water partition coefficient (Wildman–Crippen LogP) is 2.10. The molecule has 1 aliphatic carbocycles. The molecule has 2 aromatic rings. The van der Waals surface area contributed by atoms with Crippen LogP contribution in [0, 0.1) is 5.82 Å². The van der Waals surface area contributed by atoms with Gasteiger partial charge in [-0.25, -0.2) is 9.37 Å². The van der Waals surface area contributed by atoms with E-state index in [4.69, 9.17) is 4.98 Å². The molecule has 1 saturated carbocycles. The normalized spacial score (nSPS) is 19.0. The fraction of sp³-hybridized carbons (Fsp3) is 0.524. The number of piperazine rings is 1. The molecule has 28 heavy (non-hydrogen) atoms. The van der Waals surface area contributed by atoms with E-state index in [1.54, 1.807) is 23.5 Å². The molecule has 1 saturated heterocycles. The van der Waals surface area contributed by atoms with Crippen LogP contribution in [0.2, 0.25) is 0 Å². The third-order valence-electron chi connectivity index (χ3n) is 5.75. The van der Waals surface area contributed by atoms with E-state index in [0.717, 1.165) is 55.4 Å². The van der Waals surface area contributed by atoms with Crippen LogP contribution in [0.1, 0.15) is 32.1 Å². The molecule has 150 valence electrons. The molecule has 0 unspecified atom stereocenters. The van der Waals surface area contributed by atoms with Crippen LogP contribution in [-0.2, 0) is 4.79 Å². The highest BCUT2D eigenvalue weighted by Crippen LogP contribution is 2.27. The van der Waals surface area contributed by atoms with Crippen molar-refractivity contribution in [2.45, 2.75) is 38.1 Å². The SMILES string of the molecule is O=C(C[NH+]1CCN(c2nc(-c3ccc(F)cc3)cs2)CC1)NC1CCCCC1. The third-order valence-corrected chi connectivity index (χ3v) is 6.66. The van der Waals surface area contributed by atoms with Gasteiger partial charge in [-0.2, -0.15) is 0 Å². The number of rotatable bonds is 5. The summed E-state index contributed by atoms with van der Waals surface area (Å²) in [6.45, 7) is 4.28. The van der Waals surface area contributed by atoms with Gasteiger partial charge in [0.25, 0.3) is 5.91 Å².